The van der Waals surface area contributed by atoms with Gasteiger partial charge < -0.3 is 9.90 Å². The molecule has 0 unspecified atom stereocenters. The summed E-state index contributed by atoms with van der Waals surface area (Å²) in [7, 11) is 0. The first kappa shape index (κ1) is 12.7. The number of hydrogen-bond acceptors (Lipinski definition) is 5. The zero-order chi connectivity index (χ0) is 13.9. The van der Waals surface area contributed by atoms with Gasteiger partial charge in [-0.05, 0) is 29.4 Å². The van der Waals surface area contributed by atoms with Crippen LogP contribution >= 0.6 is 0 Å². The van der Waals surface area contributed by atoms with E-state index in [-0.39, 0.29) is 6.42 Å². The molecule has 6 heteroatoms. The summed E-state index contributed by atoms with van der Waals surface area (Å²) in [6.07, 6.45) is 9.51. The van der Waals surface area contributed by atoms with Crippen molar-refractivity contribution in [3.63, 3.8) is 0 Å². The smallest absolute Gasteiger partial charge is 0.197 e. The molecule has 0 radical (unpaired) electrons. The van der Waals surface area contributed by atoms with Gasteiger partial charge in [-0.15, -0.1) is 0 Å². The molecule has 1 saturated carbocycles. The average Bonchev–Trinajstić information content (AvgIpc) is 3.31. The van der Waals surface area contributed by atoms with E-state index in [4.69, 9.17) is 0 Å². The Bertz CT molecular complexity index is 606. The number of carbonyl (C=O) groups is 1. The lowest BCUT2D eigenvalue weighted by atomic mass is 10.2. The first-order valence-electron chi connectivity index (χ1n) is 6.60. The second-order valence-electron chi connectivity index (χ2n) is 4.92. The van der Waals surface area contributed by atoms with Crippen molar-refractivity contribution in [1.82, 2.24) is 15.1 Å². The summed E-state index contributed by atoms with van der Waals surface area (Å²) in [5, 5.41) is 14.5. The van der Waals surface area contributed by atoms with Gasteiger partial charge in [0.25, 0.3) is 0 Å². The molecule has 102 valence electrons. The number of aliphatic carboxylic acids is 1. The highest BCUT2D eigenvalue weighted by Gasteiger charge is 2.24. The molecule has 0 saturated heterocycles. The van der Waals surface area contributed by atoms with Crippen molar-refractivity contribution in [2.75, 3.05) is 0 Å². The normalized spacial score (nSPS) is 14.2. The van der Waals surface area contributed by atoms with E-state index in [1.54, 1.807) is 17.1 Å². The maximum absolute atomic E-state index is 10.4. The van der Waals surface area contributed by atoms with Gasteiger partial charge in [0.1, 0.15) is 6.20 Å². The van der Waals surface area contributed by atoms with E-state index in [1.165, 1.54) is 18.4 Å². The molecule has 2 aromatic heterocycles. The molecule has 2 aromatic rings. The van der Waals surface area contributed by atoms with E-state index >= 15 is 0 Å². The van der Waals surface area contributed by atoms with Gasteiger partial charge >= 0.3 is 0 Å². The maximum Gasteiger partial charge on any atom is 0.197 e. The Morgan fingerprint density at radius 3 is 2.60 bits per heavy atom. The second kappa shape index (κ2) is 5.32. The van der Waals surface area contributed by atoms with Crippen LogP contribution in [0, 0.1) is 0 Å². The molecule has 1 aliphatic carbocycles. The van der Waals surface area contributed by atoms with Gasteiger partial charge in [-0.3, -0.25) is 0 Å². The number of aromatic nitrogens is 4. The van der Waals surface area contributed by atoms with E-state index in [0.717, 1.165) is 5.56 Å². The number of aryl methyl sites for hydroxylation is 1. The van der Waals surface area contributed by atoms with Crippen molar-refractivity contribution in [2.24, 2.45) is 0 Å². The summed E-state index contributed by atoms with van der Waals surface area (Å²) in [6.45, 7) is 0.296. The van der Waals surface area contributed by atoms with Crippen LogP contribution in [-0.4, -0.2) is 21.0 Å². The van der Waals surface area contributed by atoms with Crippen molar-refractivity contribution < 1.29 is 14.6 Å². The SMILES string of the molecule is O=C([O-])CC[n+]1ccc(-c2ncc(C3CC3)cn2)cn1. The summed E-state index contributed by atoms with van der Waals surface area (Å²) < 4.78 is 1.55. The van der Waals surface area contributed by atoms with E-state index < -0.39 is 5.97 Å². The molecule has 1 aliphatic rings. The minimum atomic E-state index is -1.08. The highest BCUT2D eigenvalue weighted by atomic mass is 16.4. The first-order chi connectivity index (χ1) is 9.72. The van der Waals surface area contributed by atoms with Gasteiger partial charge in [-0.2, -0.15) is 0 Å². The number of hydrogen-bond donors (Lipinski definition) is 0. The third-order valence-corrected chi connectivity index (χ3v) is 3.30. The molecule has 0 spiro atoms. The van der Waals surface area contributed by atoms with E-state index in [9.17, 15) is 9.90 Å². The lowest BCUT2D eigenvalue weighted by Gasteiger charge is -2.01. The summed E-state index contributed by atoms with van der Waals surface area (Å²) in [6, 6.07) is 1.83. The Labute approximate surface area is 116 Å². The van der Waals surface area contributed by atoms with Crippen molar-refractivity contribution in [3.05, 3.63) is 36.4 Å². The lowest BCUT2D eigenvalue weighted by molar-refractivity contribution is -0.753. The van der Waals surface area contributed by atoms with Gasteiger partial charge in [0.15, 0.2) is 18.6 Å². The standard InChI is InChI=1S/C14H14N4O2/c19-13(20)4-6-18-5-3-11(9-17-18)14-15-7-12(8-16-14)10-1-2-10/h3,5,7-10H,1-2,4,6H2. The van der Waals surface area contributed by atoms with Crippen LogP contribution in [0.3, 0.4) is 0 Å². The molecule has 0 bridgehead atoms. The Hall–Kier alpha value is -2.37. The number of rotatable bonds is 5. The number of carboxylic acid groups (broad SMARTS) is 1. The highest BCUT2D eigenvalue weighted by molar-refractivity contribution is 5.63. The summed E-state index contributed by atoms with van der Waals surface area (Å²) in [5.41, 5.74) is 2.01. The Kier molecular flexibility index (Phi) is 3.37. The molecule has 0 amide bonds. The molecule has 0 atom stereocenters. The van der Waals surface area contributed by atoms with Crippen LogP contribution in [-0.2, 0) is 11.3 Å². The van der Waals surface area contributed by atoms with Crippen LogP contribution in [0.15, 0.2) is 30.9 Å². The molecule has 2 heterocycles. The van der Waals surface area contributed by atoms with E-state index in [0.29, 0.717) is 18.3 Å². The fourth-order valence-corrected chi connectivity index (χ4v) is 1.97. The number of carbonyl (C=O) groups excluding carboxylic acids is 1. The fourth-order valence-electron chi connectivity index (χ4n) is 1.97. The largest absolute Gasteiger partial charge is 0.550 e. The molecule has 20 heavy (non-hydrogen) atoms. The lowest BCUT2D eigenvalue weighted by Crippen LogP contribution is -2.40. The molecule has 0 aromatic carbocycles. The average molecular weight is 270 g/mol. The van der Waals surface area contributed by atoms with Gasteiger partial charge in [0.05, 0.1) is 0 Å². The molecule has 0 aliphatic heterocycles. The Morgan fingerprint density at radius 1 is 1.30 bits per heavy atom. The second-order valence-corrected chi connectivity index (χ2v) is 4.92. The summed E-state index contributed by atoms with van der Waals surface area (Å²) in [4.78, 5) is 19.1. The summed E-state index contributed by atoms with van der Waals surface area (Å²) >= 11 is 0. The number of nitrogens with zero attached hydrogens (tertiary/aromatic N) is 4. The molecule has 0 N–H and O–H groups in total. The highest BCUT2D eigenvalue weighted by Crippen LogP contribution is 2.39. The van der Waals surface area contributed by atoms with Crippen LogP contribution in [0.5, 0.6) is 0 Å². The van der Waals surface area contributed by atoms with Crippen LogP contribution in [0.25, 0.3) is 11.4 Å². The monoisotopic (exact) mass is 270 g/mol. The molecule has 6 nitrogen and oxygen atoms in total. The van der Waals surface area contributed by atoms with Crippen LogP contribution in [0.2, 0.25) is 0 Å². The van der Waals surface area contributed by atoms with E-state index in [1.807, 2.05) is 18.5 Å². The molecule has 3 rings (SSSR count). The zero-order valence-corrected chi connectivity index (χ0v) is 10.9. The third-order valence-electron chi connectivity index (χ3n) is 3.30. The van der Waals surface area contributed by atoms with Crippen molar-refractivity contribution >= 4 is 5.97 Å². The van der Waals surface area contributed by atoms with Gasteiger partial charge in [0.2, 0.25) is 0 Å². The molecule has 1 fully saturated rings. The fraction of sp³-hybridized carbons (Fsp3) is 0.357. The third kappa shape index (κ3) is 2.96. The van der Waals surface area contributed by atoms with Gasteiger partial charge in [-0.25, -0.2) is 9.97 Å². The molecular formula is C14H14N4O2. The van der Waals surface area contributed by atoms with Gasteiger partial charge in [-0.1, -0.05) is 4.68 Å². The van der Waals surface area contributed by atoms with Crippen molar-refractivity contribution in [2.45, 2.75) is 31.7 Å². The van der Waals surface area contributed by atoms with Crippen molar-refractivity contribution in [3.8, 4) is 11.4 Å². The van der Waals surface area contributed by atoms with Crippen LogP contribution in [0.4, 0.5) is 0 Å². The predicted molar refractivity (Wildman–Crippen MR) is 67.1 cm³/mol. The first-order valence-corrected chi connectivity index (χ1v) is 6.60. The number of carboxylic acids is 1. The van der Waals surface area contributed by atoms with Crippen molar-refractivity contribution in [1.29, 1.82) is 0 Å². The van der Waals surface area contributed by atoms with Gasteiger partial charge in [0, 0.05) is 36.4 Å². The summed E-state index contributed by atoms with van der Waals surface area (Å²) in [5.74, 6) is 0.195. The Morgan fingerprint density at radius 2 is 2.05 bits per heavy atom. The van der Waals surface area contributed by atoms with E-state index in [2.05, 4.69) is 15.1 Å². The van der Waals surface area contributed by atoms with Crippen LogP contribution < -0.4 is 9.79 Å². The minimum Gasteiger partial charge on any atom is -0.550 e. The zero-order valence-electron chi connectivity index (χ0n) is 10.9. The topological polar surface area (TPSA) is 82.7 Å². The Balaban J connectivity index is 1.71. The van der Waals surface area contributed by atoms with Crippen LogP contribution in [0.1, 0.15) is 30.7 Å². The quantitative estimate of drug-likeness (QED) is 0.705. The predicted octanol–water partition coefficient (Wildman–Crippen LogP) is -0.157. The minimum absolute atomic E-state index is 0.0520. The molecular weight excluding hydrogens is 256 g/mol. The maximum atomic E-state index is 10.4.